The average molecular weight is 270 g/mol. The minimum absolute atomic E-state index is 0.433. The van der Waals surface area contributed by atoms with Gasteiger partial charge in [-0.1, -0.05) is 18.2 Å². The number of thiazole rings is 1. The fourth-order valence-electron chi connectivity index (χ4n) is 2.65. The molecule has 1 saturated heterocycles. The molecule has 1 aliphatic heterocycles. The van der Waals surface area contributed by atoms with Crippen LogP contribution in [0.4, 0.5) is 0 Å². The molecule has 0 unspecified atom stereocenters. The Labute approximate surface area is 115 Å². The van der Waals surface area contributed by atoms with Crippen LogP contribution in [-0.4, -0.2) is 11.5 Å². The molecule has 4 heteroatoms. The Bertz CT molecular complexity index is 710. The van der Waals surface area contributed by atoms with Crippen LogP contribution in [0.1, 0.15) is 24.6 Å². The molecule has 3 heterocycles. The highest BCUT2D eigenvalue weighted by Gasteiger charge is 2.20. The third kappa shape index (κ3) is 1.88. The maximum absolute atomic E-state index is 5.59. The number of rotatable bonds is 2. The molecule has 3 aromatic rings. The SMILES string of the molecule is c1ccc2c(-c3nc([C@@H]4CCCN4)cs3)coc2c1. The first-order chi connectivity index (χ1) is 9.42. The van der Waals surface area contributed by atoms with Gasteiger partial charge in [-0.3, -0.25) is 0 Å². The summed E-state index contributed by atoms with van der Waals surface area (Å²) in [6, 6.07) is 8.54. The zero-order valence-corrected chi connectivity index (χ0v) is 11.2. The number of benzene rings is 1. The van der Waals surface area contributed by atoms with Gasteiger partial charge in [-0.15, -0.1) is 11.3 Å². The van der Waals surface area contributed by atoms with E-state index < -0.39 is 0 Å². The molecule has 2 aromatic heterocycles. The Morgan fingerprint density at radius 2 is 2.26 bits per heavy atom. The van der Waals surface area contributed by atoms with Gasteiger partial charge in [-0.2, -0.15) is 0 Å². The highest BCUT2D eigenvalue weighted by atomic mass is 32.1. The summed E-state index contributed by atoms with van der Waals surface area (Å²) in [6.07, 6.45) is 4.25. The van der Waals surface area contributed by atoms with Gasteiger partial charge >= 0.3 is 0 Å². The molecule has 1 atom stereocenters. The highest BCUT2D eigenvalue weighted by Crippen LogP contribution is 2.34. The highest BCUT2D eigenvalue weighted by molar-refractivity contribution is 7.13. The Hall–Kier alpha value is -1.65. The lowest BCUT2D eigenvalue weighted by molar-refractivity contribution is 0.616. The lowest BCUT2D eigenvalue weighted by Crippen LogP contribution is -2.12. The average Bonchev–Trinajstić information content (AvgIpc) is 3.18. The zero-order chi connectivity index (χ0) is 12.7. The van der Waals surface area contributed by atoms with Crippen LogP contribution in [0.25, 0.3) is 21.5 Å². The van der Waals surface area contributed by atoms with E-state index in [0.29, 0.717) is 6.04 Å². The first-order valence-electron chi connectivity index (χ1n) is 6.57. The van der Waals surface area contributed by atoms with Crippen molar-refractivity contribution in [3.05, 3.63) is 41.6 Å². The first kappa shape index (κ1) is 11.2. The van der Waals surface area contributed by atoms with E-state index in [1.54, 1.807) is 11.3 Å². The summed E-state index contributed by atoms with van der Waals surface area (Å²) in [6.45, 7) is 1.10. The maximum Gasteiger partial charge on any atom is 0.134 e. The van der Waals surface area contributed by atoms with Crippen molar-refractivity contribution in [2.45, 2.75) is 18.9 Å². The molecular formula is C15H14N2OS. The minimum atomic E-state index is 0.433. The van der Waals surface area contributed by atoms with Gasteiger partial charge in [0, 0.05) is 10.8 Å². The second kappa shape index (κ2) is 4.47. The summed E-state index contributed by atoms with van der Waals surface area (Å²) in [5.74, 6) is 0. The molecule has 0 radical (unpaired) electrons. The van der Waals surface area contributed by atoms with E-state index in [9.17, 15) is 0 Å². The summed E-state index contributed by atoms with van der Waals surface area (Å²) in [5, 5.41) is 7.85. The molecule has 96 valence electrons. The van der Waals surface area contributed by atoms with Crippen LogP contribution < -0.4 is 5.32 Å². The Kier molecular flexibility index (Phi) is 2.64. The molecule has 0 amide bonds. The second-order valence-corrected chi connectivity index (χ2v) is 5.73. The van der Waals surface area contributed by atoms with Crippen LogP contribution >= 0.6 is 11.3 Å². The van der Waals surface area contributed by atoms with Gasteiger partial charge < -0.3 is 9.73 Å². The van der Waals surface area contributed by atoms with Gasteiger partial charge in [0.25, 0.3) is 0 Å². The largest absolute Gasteiger partial charge is 0.464 e. The second-order valence-electron chi connectivity index (χ2n) is 4.87. The number of nitrogens with one attached hydrogen (secondary N) is 1. The predicted octanol–water partition coefficient (Wildman–Crippen LogP) is 3.98. The molecule has 0 aliphatic carbocycles. The van der Waals surface area contributed by atoms with E-state index in [1.807, 2.05) is 24.5 Å². The summed E-state index contributed by atoms with van der Waals surface area (Å²) >= 11 is 1.70. The van der Waals surface area contributed by atoms with Crippen molar-refractivity contribution in [3.63, 3.8) is 0 Å². The predicted molar refractivity (Wildman–Crippen MR) is 77.3 cm³/mol. The van der Waals surface area contributed by atoms with Crippen LogP contribution in [0.2, 0.25) is 0 Å². The number of fused-ring (bicyclic) bond motifs is 1. The normalized spacial score (nSPS) is 19.3. The summed E-state index contributed by atoms with van der Waals surface area (Å²) in [4.78, 5) is 4.78. The topological polar surface area (TPSA) is 38.1 Å². The number of aromatic nitrogens is 1. The van der Waals surface area contributed by atoms with E-state index >= 15 is 0 Å². The molecule has 0 saturated carbocycles. The molecule has 0 spiro atoms. The van der Waals surface area contributed by atoms with E-state index in [4.69, 9.17) is 9.40 Å². The van der Waals surface area contributed by atoms with Crippen molar-refractivity contribution in [3.8, 4) is 10.6 Å². The van der Waals surface area contributed by atoms with E-state index in [0.717, 1.165) is 28.1 Å². The van der Waals surface area contributed by atoms with Crippen molar-refractivity contribution >= 4 is 22.3 Å². The Morgan fingerprint density at radius 1 is 1.32 bits per heavy atom. The third-order valence-corrected chi connectivity index (χ3v) is 4.54. The number of nitrogens with zero attached hydrogens (tertiary/aromatic N) is 1. The molecule has 4 rings (SSSR count). The molecule has 0 bridgehead atoms. The maximum atomic E-state index is 5.59. The third-order valence-electron chi connectivity index (χ3n) is 3.65. The summed E-state index contributed by atoms with van der Waals surface area (Å²) in [5.41, 5.74) is 3.20. The Morgan fingerprint density at radius 3 is 3.16 bits per heavy atom. The fraction of sp³-hybridized carbons (Fsp3) is 0.267. The number of hydrogen-bond acceptors (Lipinski definition) is 4. The lowest BCUT2D eigenvalue weighted by Gasteiger charge is -2.04. The smallest absolute Gasteiger partial charge is 0.134 e. The van der Waals surface area contributed by atoms with Crippen LogP contribution in [0.3, 0.4) is 0 Å². The molecule has 3 nitrogen and oxygen atoms in total. The zero-order valence-electron chi connectivity index (χ0n) is 10.4. The van der Waals surface area contributed by atoms with E-state index in [2.05, 4.69) is 16.8 Å². The quantitative estimate of drug-likeness (QED) is 0.765. The van der Waals surface area contributed by atoms with Crippen molar-refractivity contribution in [1.29, 1.82) is 0 Å². The van der Waals surface area contributed by atoms with Gasteiger partial charge in [0.15, 0.2) is 0 Å². The summed E-state index contributed by atoms with van der Waals surface area (Å²) < 4.78 is 5.59. The molecule has 19 heavy (non-hydrogen) atoms. The van der Waals surface area contributed by atoms with Crippen LogP contribution in [0, 0.1) is 0 Å². The molecule has 1 aromatic carbocycles. The van der Waals surface area contributed by atoms with Crippen molar-refractivity contribution in [1.82, 2.24) is 10.3 Å². The van der Waals surface area contributed by atoms with Crippen LogP contribution in [0.5, 0.6) is 0 Å². The van der Waals surface area contributed by atoms with Crippen molar-refractivity contribution < 1.29 is 4.42 Å². The standard InChI is InChI=1S/C15H14N2OS/c1-2-6-14-10(4-1)11(8-18-14)15-17-13(9-19-15)12-5-3-7-16-12/h1-2,4,6,8-9,12,16H,3,5,7H2/t12-/m0/s1. The molecule has 1 fully saturated rings. The molecular weight excluding hydrogens is 256 g/mol. The van der Waals surface area contributed by atoms with Crippen molar-refractivity contribution in [2.24, 2.45) is 0 Å². The van der Waals surface area contributed by atoms with Crippen molar-refractivity contribution in [2.75, 3.05) is 6.54 Å². The van der Waals surface area contributed by atoms with Gasteiger partial charge in [0.1, 0.15) is 16.9 Å². The van der Waals surface area contributed by atoms with E-state index in [-0.39, 0.29) is 0 Å². The van der Waals surface area contributed by atoms with Crippen LogP contribution in [0.15, 0.2) is 40.3 Å². The number of hydrogen-bond donors (Lipinski definition) is 1. The first-order valence-corrected chi connectivity index (χ1v) is 7.45. The van der Waals surface area contributed by atoms with E-state index in [1.165, 1.54) is 18.5 Å². The monoisotopic (exact) mass is 270 g/mol. The fourth-order valence-corrected chi connectivity index (χ4v) is 3.54. The molecule has 1 N–H and O–H groups in total. The van der Waals surface area contributed by atoms with Gasteiger partial charge in [0.05, 0.1) is 17.3 Å². The van der Waals surface area contributed by atoms with Gasteiger partial charge in [0.2, 0.25) is 0 Å². The molecule has 1 aliphatic rings. The number of furan rings is 1. The summed E-state index contributed by atoms with van der Waals surface area (Å²) in [7, 11) is 0. The lowest BCUT2D eigenvalue weighted by atomic mass is 10.1. The van der Waals surface area contributed by atoms with Crippen LogP contribution in [-0.2, 0) is 0 Å². The van der Waals surface area contributed by atoms with Gasteiger partial charge in [-0.05, 0) is 25.5 Å². The minimum Gasteiger partial charge on any atom is -0.464 e. The Balaban J connectivity index is 1.76. The van der Waals surface area contributed by atoms with Gasteiger partial charge in [-0.25, -0.2) is 4.98 Å². The number of para-hydroxylation sites is 1.